The molecule has 2 aliphatic rings. The number of aryl methyl sites for hydroxylation is 2. The van der Waals surface area contributed by atoms with Gasteiger partial charge in [0.2, 0.25) is 0 Å². The number of anilines is 1. The number of nitrogens with one attached hydrogen (secondary N) is 1. The van der Waals surface area contributed by atoms with Crippen LogP contribution < -0.4 is 5.32 Å². The zero-order chi connectivity index (χ0) is 16.7. The van der Waals surface area contributed by atoms with E-state index < -0.39 is 5.97 Å². The fraction of sp³-hybridized carbons (Fsp3) is 0.278. The molecule has 4 rings (SSSR count). The zero-order valence-corrected chi connectivity index (χ0v) is 14.0. The summed E-state index contributed by atoms with van der Waals surface area (Å²) in [6.07, 6.45) is 6.30. The van der Waals surface area contributed by atoms with Gasteiger partial charge >= 0.3 is 5.97 Å². The highest BCUT2D eigenvalue weighted by Crippen LogP contribution is 2.35. The maximum absolute atomic E-state index is 12.3. The van der Waals surface area contributed by atoms with Gasteiger partial charge in [-0.1, -0.05) is 0 Å². The summed E-state index contributed by atoms with van der Waals surface area (Å²) < 4.78 is 4.76. The van der Waals surface area contributed by atoms with Crippen molar-refractivity contribution in [3.05, 3.63) is 44.9 Å². The number of rotatable bonds is 2. The predicted octanol–water partition coefficient (Wildman–Crippen LogP) is 3.30. The summed E-state index contributed by atoms with van der Waals surface area (Å²) in [6, 6.07) is 5.07. The molecule has 0 spiro atoms. The SMILES string of the molecule is COC(=O)c1ccc2c(c1)C(=Cc1nc3c(s1)CCCC3)C(=O)N2. The van der Waals surface area contributed by atoms with E-state index in [0.29, 0.717) is 16.8 Å². The van der Waals surface area contributed by atoms with Gasteiger partial charge in [0.25, 0.3) is 5.91 Å². The zero-order valence-electron chi connectivity index (χ0n) is 13.2. The summed E-state index contributed by atoms with van der Waals surface area (Å²) in [4.78, 5) is 30.0. The number of aromatic nitrogens is 1. The first-order valence-corrected chi connectivity index (χ1v) is 8.72. The Bertz CT molecular complexity index is 859. The molecule has 24 heavy (non-hydrogen) atoms. The van der Waals surface area contributed by atoms with Crippen molar-refractivity contribution < 1.29 is 14.3 Å². The van der Waals surface area contributed by atoms with E-state index in [1.54, 1.807) is 29.5 Å². The number of carbonyl (C=O) groups excluding carboxylic acids is 2. The van der Waals surface area contributed by atoms with E-state index in [-0.39, 0.29) is 5.91 Å². The number of nitrogens with zero attached hydrogens (tertiary/aromatic N) is 1. The van der Waals surface area contributed by atoms with Gasteiger partial charge < -0.3 is 10.1 Å². The second-order valence-corrected chi connectivity index (χ2v) is 7.01. The quantitative estimate of drug-likeness (QED) is 0.673. The summed E-state index contributed by atoms with van der Waals surface area (Å²) in [5.41, 5.74) is 3.57. The van der Waals surface area contributed by atoms with E-state index >= 15 is 0 Å². The van der Waals surface area contributed by atoms with Gasteiger partial charge in [-0.3, -0.25) is 4.79 Å². The molecule has 1 aromatic carbocycles. The summed E-state index contributed by atoms with van der Waals surface area (Å²) in [5, 5.41) is 3.68. The van der Waals surface area contributed by atoms with Gasteiger partial charge in [0.1, 0.15) is 5.01 Å². The third-order valence-corrected chi connectivity index (χ3v) is 5.46. The van der Waals surface area contributed by atoms with Crippen LogP contribution >= 0.6 is 11.3 Å². The van der Waals surface area contributed by atoms with Crippen LogP contribution in [0.4, 0.5) is 5.69 Å². The fourth-order valence-corrected chi connectivity index (χ4v) is 4.23. The van der Waals surface area contributed by atoms with E-state index in [0.717, 1.165) is 23.4 Å². The molecule has 1 aromatic heterocycles. The lowest BCUT2D eigenvalue weighted by Gasteiger charge is -2.06. The van der Waals surface area contributed by atoms with Gasteiger partial charge in [-0.2, -0.15) is 0 Å². The first-order chi connectivity index (χ1) is 11.7. The molecular weight excluding hydrogens is 324 g/mol. The van der Waals surface area contributed by atoms with Gasteiger partial charge in [0.05, 0.1) is 23.9 Å². The van der Waals surface area contributed by atoms with Gasteiger partial charge in [-0.15, -0.1) is 11.3 Å². The van der Waals surface area contributed by atoms with Crippen molar-refractivity contribution in [2.75, 3.05) is 12.4 Å². The van der Waals surface area contributed by atoms with Crippen LogP contribution in [0.2, 0.25) is 0 Å². The molecule has 0 saturated heterocycles. The number of methoxy groups -OCH3 is 1. The van der Waals surface area contributed by atoms with E-state index in [1.807, 2.05) is 6.08 Å². The number of amides is 1. The normalized spacial score (nSPS) is 17.4. The third kappa shape index (κ3) is 2.53. The topological polar surface area (TPSA) is 68.3 Å². The van der Waals surface area contributed by atoms with E-state index in [1.165, 1.54) is 30.5 Å². The second kappa shape index (κ2) is 5.87. The van der Waals surface area contributed by atoms with Crippen molar-refractivity contribution in [1.29, 1.82) is 0 Å². The lowest BCUT2D eigenvalue weighted by atomic mass is 10.0. The molecule has 2 aromatic rings. The lowest BCUT2D eigenvalue weighted by Crippen LogP contribution is -2.03. The Balaban J connectivity index is 1.75. The molecule has 122 valence electrons. The Hall–Kier alpha value is -2.47. The highest BCUT2D eigenvalue weighted by Gasteiger charge is 2.26. The predicted molar refractivity (Wildman–Crippen MR) is 93.0 cm³/mol. The van der Waals surface area contributed by atoms with Gasteiger partial charge in [-0.05, 0) is 50.0 Å². The fourth-order valence-electron chi connectivity index (χ4n) is 3.13. The number of hydrogen-bond acceptors (Lipinski definition) is 5. The average Bonchev–Trinajstić information content (AvgIpc) is 3.14. The smallest absolute Gasteiger partial charge is 0.337 e. The van der Waals surface area contributed by atoms with Crippen molar-refractivity contribution in [3.8, 4) is 0 Å². The molecule has 1 aliphatic carbocycles. The average molecular weight is 340 g/mol. The van der Waals surface area contributed by atoms with Crippen LogP contribution in [0.1, 0.15) is 44.3 Å². The maximum Gasteiger partial charge on any atom is 0.337 e. The number of benzene rings is 1. The summed E-state index contributed by atoms with van der Waals surface area (Å²) in [6.45, 7) is 0. The third-order valence-electron chi connectivity index (χ3n) is 4.35. The number of carbonyl (C=O) groups is 2. The monoisotopic (exact) mass is 340 g/mol. The molecular formula is C18H16N2O3S. The Morgan fingerprint density at radius 3 is 2.96 bits per heavy atom. The Morgan fingerprint density at radius 2 is 2.17 bits per heavy atom. The van der Waals surface area contributed by atoms with Crippen LogP contribution in [0.5, 0.6) is 0 Å². The number of fused-ring (bicyclic) bond motifs is 2. The van der Waals surface area contributed by atoms with E-state index in [2.05, 4.69) is 10.3 Å². The number of hydrogen-bond donors (Lipinski definition) is 1. The Labute approximate surface area is 143 Å². The molecule has 0 radical (unpaired) electrons. The molecule has 1 aliphatic heterocycles. The number of ether oxygens (including phenoxy) is 1. The number of esters is 1. The Morgan fingerprint density at radius 1 is 1.33 bits per heavy atom. The summed E-state index contributed by atoms with van der Waals surface area (Å²) in [5.74, 6) is -0.582. The van der Waals surface area contributed by atoms with Gasteiger partial charge in [0.15, 0.2) is 0 Å². The summed E-state index contributed by atoms with van der Waals surface area (Å²) in [7, 11) is 1.34. The Kier molecular flexibility index (Phi) is 3.69. The van der Waals surface area contributed by atoms with Crippen molar-refractivity contribution in [2.24, 2.45) is 0 Å². The van der Waals surface area contributed by atoms with Crippen LogP contribution in [0.25, 0.3) is 11.6 Å². The molecule has 5 nitrogen and oxygen atoms in total. The molecule has 2 heterocycles. The molecule has 1 N–H and O–H groups in total. The highest BCUT2D eigenvalue weighted by atomic mass is 32.1. The minimum atomic E-state index is -0.416. The molecule has 0 saturated carbocycles. The van der Waals surface area contributed by atoms with Crippen LogP contribution in [-0.2, 0) is 22.4 Å². The molecule has 6 heteroatoms. The van der Waals surface area contributed by atoms with Crippen LogP contribution in [-0.4, -0.2) is 24.0 Å². The van der Waals surface area contributed by atoms with Crippen molar-refractivity contribution >= 4 is 40.5 Å². The van der Waals surface area contributed by atoms with Gasteiger partial charge in [0, 0.05) is 16.1 Å². The van der Waals surface area contributed by atoms with Crippen LogP contribution in [0.3, 0.4) is 0 Å². The first-order valence-electron chi connectivity index (χ1n) is 7.90. The maximum atomic E-state index is 12.3. The van der Waals surface area contributed by atoms with E-state index in [9.17, 15) is 9.59 Å². The van der Waals surface area contributed by atoms with Crippen LogP contribution in [0, 0.1) is 0 Å². The highest BCUT2D eigenvalue weighted by molar-refractivity contribution is 7.12. The van der Waals surface area contributed by atoms with Crippen molar-refractivity contribution in [3.63, 3.8) is 0 Å². The molecule has 1 amide bonds. The largest absolute Gasteiger partial charge is 0.465 e. The first kappa shape index (κ1) is 15.1. The standard InChI is InChI=1S/C18H16N2O3S/c1-23-18(22)10-6-7-13-11(8-10)12(17(21)20-13)9-16-19-14-4-2-3-5-15(14)24-16/h6-9H,2-5H2,1H3,(H,20,21). The molecule has 0 unspecified atom stereocenters. The number of thiazole rings is 1. The molecule has 0 bridgehead atoms. The summed E-state index contributed by atoms with van der Waals surface area (Å²) >= 11 is 1.65. The van der Waals surface area contributed by atoms with Gasteiger partial charge in [-0.25, -0.2) is 9.78 Å². The second-order valence-electron chi connectivity index (χ2n) is 5.89. The minimum absolute atomic E-state index is 0.166. The lowest BCUT2D eigenvalue weighted by molar-refractivity contribution is -0.110. The van der Waals surface area contributed by atoms with Crippen molar-refractivity contribution in [2.45, 2.75) is 25.7 Å². The van der Waals surface area contributed by atoms with E-state index in [4.69, 9.17) is 4.74 Å². The molecule has 0 fully saturated rings. The minimum Gasteiger partial charge on any atom is -0.465 e. The van der Waals surface area contributed by atoms with Crippen molar-refractivity contribution in [1.82, 2.24) is 4.98 Å². The van der Waals surface area contributed by atoms with Crippen LogP contribution in [0.15, 0.2) is 18.2 Å². The molecule has 0 atom stereocenters.